The van der Waals surface area contributed by atoms with Gasteiger partial charge in [0, 0.05) is 0 Å². The summed E-state index contributed by atoms with van der Waals surface area (Å²) in [5.74, 6) is 1.09. The van der Waals surface area contributed by atoms with Gasteiger partial charge in [0.25, 0.3) is 0 Å². The van der Waals surface area contributed by atoms with Crippen molar-refractivity contribution in [3.63, 3.8) is 0 Å². The highest BCUT2D eigenvalue weighted by Crippen LogP contribution is 2.32. The minimum absolute atomic E-state index is 0.187. The third kappa shape index (κ3) is 3.57. The van der Waals surface area contributed by atoms with E-state index >= 15 is 0 Å². The Kier molecular flexibility index (Phi) is 5.79. The van der Waals surface area contributed by atoms with Gasteiger partial charge in [-0.25, -0.2) is 15.0 Å². The summed E-state index contributed by atoms with van der Waals surface area (Å²) in [4.78, 5) is 12.8. The molecule has 1 aliphatic heterocycles. The minimum atomic E-state index is -1.25. The molecule has 0 saturated carbocycles. The standard InChI is InChI=1S/C19H23N5O6/c1-29-11-4-2-10(3-5-11)12(6-25)23-17-14-18(21-8-20-17)24(9-22-14)19-16(28)15(27)13(7-26)30-19/h2-5,8-9,12-13,15-16,19,25-28H,6-7H2,1H3,(H,20,21,23)/t12-,13?,15?,16?,19?/m0/s1. The van der Waals surface area contributed by atoms with Crippen molar-refractivity contribution in [2.24, 2.45) is 0 Å². The molecule has 1 aliphatic rings. The Morgan fingerprint density at radius 1 is 1.13 bits per heavy atom. The normalized spacial score (nSPS) is 24.8. The highest BCUT2D eigenvalue weighted by atomic mass is 16.6. The molecule has 1 saturated heterocycles. The van der Waals surface area contributed by atoms with Crippen LogP contribution in [-0.2, 0) is 4.74 Å². The Labute approximate surface area is 171 Å². The van der Waals surface area contributed by atoms with Gasteiger partial charge in [-0.3, -0.25) is 4.57 Å². The van der Waals surface area contributed by atoms with Gasteiger partial charge in [0.15, 0.2) is 23.2 Å². The van der Waals surface area contributed by atoms with Crippen LogP contribution in [0.5, 0.6) is 5.75 Å². The Morgan fingerprint density at radius 2 is 1.90 bits per heavy atom. The van der Waals surface area contributed by atoms with E-state index in [0.717, 1.165) is 5.56 Å². The average Bonchev–Trinajstić information content (AvgIpc) is 3.33. The monoisotopic (exact) mass is 417 g/mol. The molecule has 160 valence electrons. The van der Waals surface area contributed by atoms with Gasteiger partial charge in [-0.2, -0.15) is 0 Å². The number of rotatable bonds is 7. The fourth-order valence-electron chi connectivity index (χ4n) is 3.49. The summed E-state index contributed by atoms with van der Waals surface area (Å²) in [6, 6.07) is 6.82. The van der Waals surface area contributed by atoms with Crippen LogP contribution >= 0.6 is 0 Å². The zero-order chi connectivity index (χ0) is 21.3. The van der Waals surface area contributed by atoms with Crippen molar-refractivity contribution >= 4 is 17.0 Å². The SMILES string of the molecule is COc1ccc([C@H](CO)Nc2ncnc3c2ncn3C2OC(CO)C(O)C2O)cc1. The van der Waals surface area contributed by atoms with Crippen LogP contribution in [-0.4, -0.2) is 78.6 Å². The van der Waals surface area contributed by atoms with Crippen LogP contribution in [0.25, 0.3) is 11.2 Å². The van der Waals surface area contributed by atoms with Gasteiger partial charge in [-0.1, -0.05) is 12.1 Å². The molecule has 0 amide bonds. The molecule has 1 fully saturated rings. The summed E-state index contributed by atoms with van der Waals surface area (Å²) in [7, 11) is 1.58. The first kappa shape index (κ1) is 20.4. The molecule has 5 N–H and O–H groups in total. The van der Waals surface area contributed by atoms with Gasteiger partial charge >= 0.3 is 0 Å². The largest absolute Gasteiger partial charge is 0.497 e. The zero-order valence-electron chi connectivity index (χ0n) is 16.2. The molecule has 0 radical (unpaired) electrons. The zero-order valence-corrected chi connectivity index (χ0v) is 16.2. The summed E-state index contributed by atoms with van der Waals surface area (Å²) in [5.41, 5.74) is 1.60. The smallest absolute Gasteiger partial charge is 0.167 e. The van der Waals surface area contributed by atoms with Crippen LogP contribution < -0.4 is 10.1 Å². The van der Waals surface area contributed by atoms with Gasteiger partial charge in [0.05, 0.1) is 32.7 Å². The number of benzene rings is 1. The number of aliphatic hydroxyl groups is 4. The van der Waals surface area contributed by atoms with E-state index in [4.69, 9.17) is 9.47 Å². The lowest BCUT2D eigenvalue weighted by molar-refractivity contribution is -0.0511. The molecule has 11 nitrogen and oxygen atoms in total. The lowest BCUT2D eigenvalue weighted by Crippen LogP contribution is -2.33. The van der Waals surface area contributed by atoms with Crippen LogP contribution in [0.15, 0.2) is 36.9 Å². The molecular formula is C19H23N5O6. The van der Waals surface area contributed by atoms with E-state index in [1.165, 1.54) is 17.2 Å². The Morgan fingerprint density at radius 3 is 2.53 bits per heavy atom. The van der Waals surface area contributed by atoms with Crippen molar-refractivity contribution in [1.29, 1.82) is 0 Å². The molecule has 4 rings (SSSR count). The predicted molar refractivity (Wildman–Crippen MR) is 105 cm³/mol. The lowest BCUT2D eigenvalue weighted by atomic mass is 10.1. The van der Waals surface area contributed by atoms with Crippen molar-refractivity contribution < 1.29 is 29.9 Å². The quantitative estimate of drug-likeness (QED) is 0.343. The fraction of sp³-hybridized carbons (Fsp3) is 0.421. The highest BCUT2D eigenvalue weighted by molar-refractivity contribution is 5.83. The van der Waals surface area contributed by atoms with Gasteiger partial charge in [-0.15, -0.1) is 0 Å². The highest BCUT2D eigenvalue weighted by Gasteiger charge is 2.44. The van der Waals surface area contributed by atoms with Crippen molar-refractivity contribution in [3.8, 4) is 5.75 Å². The number of hydrogen-bond donors (Lipinski definition) is 5. The van der Waals surface area contributed by atoms with Crippen molar-refractivity contribution in [3.05, 3.63) is 42.5 Å². The molecule has 5 atom stereocenters. The number of aliphatic hydroxyl groups excluding tert-OH is 4. The third-order valence-corrected chi connectivity index (χ3v) is 5.16. The third-order valence-electron chi connectivity index (χ3n) is 5.16. The van der Waals surface area contributed by atoms with E-state index in [0.29, 0.717) is 22.7 Å². The van der Waals surface area contributed by atoms with Gasteiger partial charge in [0.1, 0.15) is 30.4 Å². The van der Waals surface area contributed by atoms with E-state index in [1.54, 1.807) is 19.2 Å². The number of fused-ring (bicyclic) bond motifs is 1. The van der Waals surface area contributed by atoms with E-state index in [9.17, 15) is 20.4 Å². The number of hydrogen-bond acceptors (Lipinski definition) is 10. The molecule has 11 heteroatoms. The van der Waals surface area contributed by atoms with Crippen LogP contribution in [0.2, 0.25) is 0 Å². The van der Waals surface area contributed by atoms with Gasteiger partial charge in [0.2, 0.25) is 0 Å². The molecular weight excluding hydrogens is 394 g/mol. The first-order valence-electron chi connectivity index (χ1n) is 9.38. The molecule has 0 aliphatic carbocycles. The minimum Gasteiger partial charge on any atom is -0.497 e. The molecule has 1 aromatic carbocycles. The number of ether oxygens (including phenoxy) is 2. The summed E-state index contributed by atoms with van der Waals surface area (Å²) in [5, 5.41) is 42.6. The van der Waals surface area contributed by atoms with Gasteiger partial charge < -0.3 is 35.2 Å². The summed E-state index contributed by atoms with van der Waals surface area (Å²) >= 11 is 0. The topological polar surface area (TPSA) is 155 Å². The molecule has 3 aromatic rings. The van der Waals surface area contributed by atoms with Crippen LogP contribution in [0, 0.1) is 0 Å². The predicted octanol–water partition coefficient (Wildman–Crippen LogP) is -0.408. The second-order valence-electron chi connectivity index (χ2n) is 6.93. The molecule has 0 bridgehead atoms. The maximum Gasteiger partial charge on any atom is 0.167 e. The number of methoxy groups -OCH3 is 1. The number of aromatic nitrogens is 4. The Balaban J connectivity index is 1.63. The van der Waals surface area contributed by atoms with Crippen LogP contribution in [0.1, 0.15) is 17.8 Å². The van der Waals surface area contributed by atoms with E-state index in [2.05, 4.69) is 20.3 Å². The number of nitrogens with one attached hydrogen (secondary N) is 1. The Hall–Kier alpha value is -2.83. The van der Waals surface area contributed by atoms with E-state index in [1.807, 2.05) is 12.1 Å². The number of imidazole rings is 1. The van der Waals surface area contributed by atoms with Crippen molar-refractivity contribution in [1.82, 2.24) is 19.5 Å². The average molecular weight is 417 g/mol. The van der Waals surface area contributed by atoms with E-state index < -0.39 is 37.2 Å². The Bertz CT molecular complexity index is 997. The molecule has 3 heterocycles. The summed E-state index contributed by atoms with van der Waals surface area (Å²) in [6.45, 7) is -0.615. The molecule has 30 heavy (non-hydrogen) atoms. The molecule has 4 unspecified atom stereocenters. The van der Waals surface area contributed by atoms with Crippen molar-refractivity contribution in [2.45, 2.75) is 30.6 Å². The van der Waals surface area contributed by atoms with Gasteiger partial charge in [-0.05, 0) is 17.7 Å². The number of nitrogens with zero attached hydrogens (tertiary/aromatic N) is 4. The molecule has 2 aromatic heterocycles. The summed E-state index contributed by atoms with van der Waals surface area (Å²) < 4.78 is 12.2. The first-order chi connectivity index (χ1) is 14.6. The second-order valence-corrected chi connectivity index (χ2v) is 6.93. The van der Waals surface area contributed by atoms with Crippen molar-refractivity contribution in [2.75, 3.05) is 25.6 Å². The fourth-order valence-corrected chi connectivity index (χ4v) is 3.49. The second kappa shape index (κ2) is 8.50. The summed E-state index contributed by atoms with van der Waals surface area (Å²) in [6.07, 6.45) is -1.60. The van der Waals surface area contributed by atoms with Crippen LogP contribution in [0.3, 0.4) is 0 Å². The maximum absolute atomic E-state index is 10.3. The maximum atomic E-state index is 10.3. The van der Waals surface area contributed by atoms with E-state index in [-0.39, 0.29) is 6.61 Å². The first-order valence-corrected chi connectivity index (χ1v) is 9.38. The number of anilines is 1. The van der Waals surface area contributed by atoms with Crippen LogP contribution in [0.4, 0.5) is 5.82 Å². The molecule has 0 spiro atoms. The lowest BCUT2D eigenvalue weighted by Gasteiger charge is -2.18.